The molecule has 1 atom stereocenters. The summed E-state index contributed by atoms with van der Waals surface area (Å²) in [5, 5.41) is 11.3. The summed E-state index contributed by atoms with van der Waals surface area (Å²) >= 11 is 5.88. The summed E-state index contributed by atoms with van der Waals surface area (Å²) in [4.78, 5) is 51.5. The van der Waals surface area contributed by atoms with Crippen molar-refractivity contribution in [3.63, 3.8) is 0 Å². The standard InChI is InChI=1S/C22H21ClN2O5/c23-16-6-8-17(9-7-16)25-20(27)14-18(22(25)30)24(19(26)10-11-21(28)29)13-12-15-4-2-1-3-5-15/h1-9,18H,10-14H2,(H,28,29)/p-1/t18-/m1/s1. The van der Waals surface area contributed by atoms with Crippen molar-refractivity contribution < 1.29 is 24.3 Å². The van der Waals surface area contributed by atoms with Crippen molar-refractivity contribution in [3.05, 3.63) is 65.2 Å². The number of halogens is 1. The fraction of sp³-hybridized carbons (Fsp3) is 0.273. The second kappa shape index (κ2) is 9.54. The fourth-order valence-electron chi connectivity index (χ4n) is 3.42. The average Bonchev–Trinajstić information content (AvgIpc) is 3.02. The largest absolute Gasteiger partial charge is 0.550 e. The molecule has 2 aromatic carbocycles. The molecule has 1 saturated heterocycles. The minimum absolute atomic E-state index is 0.159. The van der Waals surface area contributed by atoms with Gasteiger partial charge in [-0.1, -0.05) is 41.9 Å². The highest BCUT2D eigenvalue weighted by atomic mass is 35.5. The van der Waals surface area contributed by atoms with Crippen LogP contribution in [-0.2, 0) is 25.6 Å². The number of benzene rings is 2. The van der Waals surface area contributed by atoms with Crippen LogP contribution in [0.15, 0.2) is 54.6 Å². The van der Waals surface area contributed by atoms with Crippen LogP contribution in [0, 0.1) is 0 Å². The third-order valence-corrected chi connectivity index (χ3v) is 5.18. The van der Waals surface area contributed by atoms with E-state index in [1.165, 1.54) is 4.90 Å². The van der Waals surface area contributed by atoms with E-state index in [0.717, 1.165) is 10.5 Å². The van der Waals surface area contributed by atoms with Gasteiger partial charge in [-0.15, -0.1) is 0 Å². The fourth-order valence-corrected chi connectivity index (χ4v) is 3.55. The van der Waals surface area contributed by atoms with E-state index in [1.54, 1.807) is 24.3 Å². The second-order valence-corrected chi connectivity index (χ2v) is 7.39. The summed E-state index contributed by atoms with van der Waals surface area (Å²) in [6.45, 7) is 0.189. The van der Waals surface area contributed by atoms with Crippen molar-refractivity contribution >= 4 is 41.0 Å². The van der Waals surface area contributed by atoms with Gasteiger partial charge in [-0.25, -0.2) is 4.90 Å². The van der Waals surface area contributed by atoms with E-state index < -0.39 is 36.2 Å². The van der Waals surface area contributed by atoms with Gasteiger partial charge in [-0.3, -0.25) is 14.4 Å². The topological polar surface area (TPSA) is 97.8 Å². The lowest BCUT2D eigenvalue weighted by Gasteiger charge is -2.28. The number of imide groups is 1. The van der Waals surface area contributed by atoms with Gasteiger partial charge in [-0.05, 0) is 42.7 Å². The minimum Gasteiger partial charge on any atom is -0.550 e. The summed E-state index contributed by atoms with van der Waals surface area (Å²) in [6.07, 6.45) is -0.434. The molecule has 0 aromatic heterocycles. The number of hydrogen-bond donors (Lipinski definition) is 0. The molecular formula is C22H20ClN2O5-. The zero-order valence-electron chi connectivity index (χ0n) is 16.1. The number of carboxylic acid groups (broad SMARTS) is 1. The Morgan fingerprint density at radius 2 is 1.70 bits per heavy atom. The molecule has 30 heavy (non-hydrogen) atoms. The highest BCUT2D eigenvalue weighted by molar-refractivity contribution is 6.30. The first-order valence-electron chi connectivity index (χ1n) is 9.52. The molecule has 1 fully saturated rings. The number of rotatable bonds is 8. The van der Waals surface area contributed by atoms with Crippen molar-refractivity contribution in [2.45, 2.75) is 31.7 Å². The summed E-state index contributed by atoms with van der Waals surface area (Å²) in [7, 11) is 0. The molecule has 156 valence electrons. The van der Waals surface area contributed by atoms with Crippen LogP contribution in [0.3, 0.4) is 0 Å². The first-order valence-corrected chi connectivity index (χ1v) is 9.90. The van der Waals surface area contributed by atoms with Crippen LogP contribution >= 0.6 is 11.6 Å². The molecule has 1 aliphatic heterocycles. The number of aliphatic carboxylic acids is 1. The van der Waals surface area contributed by atoms with Crippen molar-refractivity contribution in [2.24, 2.45) is 0 Å². The number of carboxylic acids is 1. The molecule has 2 aromatic rings. The van der Waals surface area contributed by atoms with Gasteiger partial charge < -0.3 is 14.8 Å². The third-order valence-electron chi connectivity index (χ3n) is 4.93. The molecule has 0 unspecified atom stereocenters. The predicted octanol–water partition coefficient (Wildman–Crippen LogP) is 1.57. The molecule has 3 rings (SSSR count). The van der Waals surface area contributed by atoms with E-state index in [2.05, 4.69) is 0 Å². The Morgan fingerprint density at radius 1 is 1.03 bits per heavy atom. The molecule has 7 nitrogen and oxygen atoms in total. The lowest BCUT2D eigenvalue weighted by Crippen LogP contribution is -2.46. The van der Waals surface area contributed by atoms with Gasteiger partial charge in [0, 0.05) is 24.0 Å². The second-order valence-electron chi connectivity index (χ2n) is 6.96. The van der Waals surface area contributed by atoms with Crippen molar-refractivity contribution in [2.75, 3.05) is 11.4 Å². The van der Waals surface area contributed by atoms with Gasteiger partial charge in [0.1, 0.15) is 6.04 Å². The first kappa shape index (κ1) is 21.5. The molecular weight excluding hydrogens is 408 g/mol. The maximum atomic E-state index is 13.0. The number of carbonyl (C=O) groups excluding carboxylic acids is 4. The quantitative estimate of drug-likeness (QED) is 0.595. The maximum Gasteiger partial charge on any atom is 0.257 e. The summed E-state index contributed by atoms with van der Waals surface area (Å²) in [5.41, 5.74) is 1.34. The van der Waals surface area contributed by atoms with E-state index in [4.69, 9.17) is 11.6 Å². The molecule has 0 radical (unpaired) electrons. The van der Waals surface area contributed by atoms with Crippen molar-refractivity contribution in [1.29, 1.82) is 0 Å². The predicted molar refractivity (Wildman–Crippen MR) is 108 cm³/mol. The molecule has 8 heteroatoms. The number of hydrogen-bond acceptors (Lipinski definition) is 5. The molecule has 0 spiro atoms. The molecule has 3 amide bonds. The van der Waals surface area contributed by atoms with Crippen LogP contribution in [0.4, 0.5) is 5.69 Å². The summed E-state index contributed by atoms with van der Waals surface area (Å²) in [5.74, 6) is -2.79. The molecule has 1 aliphatic rings. The Morgan fingerprint density at radius 3 is 2.33 bits per heavy atom. The van der Waals surface area contributed by atoms with Gasteiger partial charge in [0.25, 0.3) is 5.91 Å². The summed E-state index contributed by atoms with van der Waals surface area (Å²) < 4.78 is 0. The Hall–Kier alpha value is -3.19. The number of nitrogens with zero attached hydrogens (tertiary/aromatic N) is 2. The van der Waals surface area contributed by atoms with Gasteiger partial charge >= 0.3 is 0 Å². The zero-order chi connectivity index (χ0) is 21.7. The Bertz CT molecular complexity index is 946. The zero-order valence-corrected chi connectivity index (χ0v) is 16.9. The number of amides is 3. The molecule has 1 heterocycles. The third kappa shape index (κ3) is 5.04. The van der Waals surface area contributed by atoms with Gasteiger partial charge in [0.05, 0.1) is 12.1 Å². The number of carbonyl (C=O) groups is 4. The monoisotopic (exact) mass is 427 g/mol. The van der Waals surface area contributed by atoms with Crippen LogP contribution in [0.2, 0.25) is 5.02 Å². The van der Waals surface area contributed by atoms with Crippen LogP contribution in [0.5, 0.6) is 0 Å². The van der Waals surface area contributed by atoms with Crippen molar-refractivity contribution in [3.8, 4) is 0 Å². The Kier molecular flexibility index (Phi) is 6.84. The minimum atomic E-state index is -1.34. The maximum absolute atomic E-state index is 13.0. The van der Waals surface area contributed by atoms with Gasteiger partial charge in [0.2, 0.25) is 11.8 Å². The van der Waals surface area contributed by atoms with Crippen LogP contribution < -0.4 is 10.0 Å². The van der Waals surface area contributed by atoms with Crippen LogP contribution in [-0.4, -0.2) is 41.2 Å². The Balaban J connectivity index is 1.81. The van der Waals surface area contributed by atoms with Gasteiger partial charge in [0.15, 0.2) is 0 Å². The summed E-state index contributed by atoms with van der Waals surface area (Å²) in [6, 6.07) is 14.7. The highest BCUT2D eigenvalue weighted by Gasteiger charge is 2.44. The molecule has 0 N–H and O–H groups in total. The first-order chi connectivity index (χ1) is 14.4. The van der Waals surface area contributed by atoms with E-state index in [9.17, 15) is 24.3 Å². The SMILES string of the molecule is O=C([O-])CCC(=O)N(CCc1ccccc1)[C@@H]1CC(=O)N(c2ccc(Cl)cc2)C1=O. The molecule has 0 bridgehead atoms. The normalized spacial score (nSPS) is 16.0. The lowest BCUT2D eigenvalue weighted by atomic mass is 10.1. The molecule has 0 aliphatic carbocycles. The van der Waals surface area contributed by atoms with Crippen molar-refractivity contribution in [1.82, 2.24) is 4.90 Å². The van der Waals surface area contributed by atoms with E-state index in [0.29, 0.717) is 17.1 Å². The van der Waals surface area contributed by atoms with Gasteiger partial charge in [-0.2, -0.15) is 0 Å². The average molecular weight is 428 g/mol. The number of anilines is 1. The van der Waals surface area contributed by atoms with Crippen LogP contribution in [0.1, 0.15) is 24.8 Å². The van der Waals surface area contributed by atoms with Crippen LogP contribution in [0.25, 0.3) is 0 Å². The van der Waals surface area contributed by atoms with E-state index >= 15 is 0 Å². The lowest BCUT2D eigenvalue weighted by molar-refractivity contribution is -0.305. The Labute approximate surface area is 178 Å². The molecule has 0 saturated carbocycles. The highest BCUT2D eigenvalue weighted by Crippen LogP contribution is 2.27. The van der Waals surface area contributed by atoms with E-state index in [1.807, 2.05) is 30.3 Å². The smallest absolute Gasteiger partial charge is 0.257 e. The van der Waals surface area contributed by atoms with E-state index in [-0.39, 0.29) is 19.4 Å².